The third-order valence-corrected chi connectivity index (χ3v) is 2.59. The highest BCUT2D eigenvalue weighted by molar-refractivity contribution is 6.32. The molecule has 0 fully saturated rings. The highest BCUT2D eigenvalue weighted by Crippen LogP contribution is 2.16. The molecule has 0 radical (unpaired) electrons. The van der Waals surface area contributed by atoms with Gasteiger partial charge in [-0.25, -0.2) is 0 Å². The van der Waals surface area contributed by atoms with Gasteiger partial charge in [0, 0.05) is 17.3 Å². The van der Waals surface area contributed by atoms with Crippen molar-refractivity contribution in [3.8, 4) is 0 Å². The smallest absolute Gasteiger partial charge is 0.248 e. The molecule has 0 spiro atoms. The average molecular weight is 259 g/mol. The van der Waals surface area contributed by atoms with E-state index in [1.54, 1.807) is 36.7 Å². The first-order chi connectivity index (χ1) is 8.75. The molecule has 0 bridgehead atoms. The van der Waals surface area contributed by atoms with Crippen LogP contribution in [0.25, 0.3) is 6.08 Å². The fraction of sp³-hybridized carbons (Fsp3) is 0. The highest BCUT2D eigenvalue weighted by Gasteiger charge is 1.98. The SMILES string of the molecule is O=C(C=Cc1ccccc1Cl)Nc1cccnc1. The first-order valence-corrected chi connectivity index (χ1v) is 5.77. The maximum atomic E-state index is 11.6. The second-order valence-corrected chi connectivity index (χ2v) is 3.99. The maximum Gasteiger partial charge on any atom is 0.248 e. The minimum absolute atomic E-state index is 0.220. The van der Waals surface area contributed by atoms with E-state index in [0.717, 1.165) is 5.56 Å². The Labute approximate surface area is 110 Å². The van der Waals surface area contributed by atoms with Crippen LogP contribution in [-0.2, 0) is 4.79 Å². The van der Waals surface area contributed by atoms with Crippen LogP contribution in [0.2, 0.25) is 5.02 Å². The van der Waals surface area contributed by atoms with Crippen molar-refractivity contribution in [3.63, 3.8) is 0 Å². The molecule has 4 heteroatoms. The van der Waals surface area contributed by atoms with Gasteiger partial charge in [0.25, 0.3) is 0 Å². The molecule has 1 aromatic heterocycles. The van der Waals surface area contributed by atoms with Gasteiger partial charge in [-0.3, -0.25) is 9.78 Å². The van der Waals surface area contributed by atoms with Gasteiger partial charge in [0.2, 0.25) is 5.91 Å². The van der Waals surface area contributed by atoms with E-state index in [9.17, 15) is 4.79 Å². The number of hydrogen-bond acceptors (Lipinski definition) is 2. The van der Waals surface area contributed by atoms with E-state index in [2.05, 4.69) is 10.3 Å². The predicted molar refractivity (Wildman–Crippen MR) is 73.4 cm³/mol. The summed E-state index contributed by atoms with van der Waals surface area (Å²) in [6, 6.07) is 10.9. The number of rotatable bonds is 3. The van der Waals surface area contributed by atoms with E-state index < -0.39 is 0 Å². The van der Waals surface area contributed by atoms with Gasteiger partial charge in [0.1, 0.15) is 0 Å². The summed E-state index contributed by atoms with van der Waals surface area (Å²) in [5.74, 6) is -0.220. The largest absolute Gasteiger partial charge is 0.321 e. The van der Waals surface area contributed by atoms with Crippen LogP contribution < -0.4 is 5.32 Å². The van der Waals surface area contributed by atoms with E-state index in [-0.39, 0.29) is 5.91 Å². The Balaban J connectivity index is 2.02. The number of benzene rings is 1. The molecule has 2 rings (SSSR count). The van der Waals surface area contributed by atoms with Crippen molar-refractivity contribution in [2.24, 2.45) is 0 Å². The van der Waals surface area contributed by atoms with E-state index in [1.807, 2.05) is 18.2 Å². The zero-order valence-corrected chi connectivity index (χ0v) is 10.3. The Morgan fingerprint density at radius 3 is 2.78 bits per heavy atom. The molecule has 3 nitrogen and oxygen atoms in total. The molecule has 1 heterocycles. The molecule has 0 unspecified atom stereocenters. The van der Waals surface area contributed by atoms with Crippen molar-refractivity contribution in [2.45, 2.75) is 0 Å². The fourth-order valence-electron chi connectivity index (χ4n) is 1.40. The Morgan fingerprint density at radius 1 is 1.22 bits per heavy atom. The molecule has 0 saturated carbocycles. The first kappa shape index (κ1) is 12.3. The molecule has 2 aromatic rings. The normalized spacial score (nSPS) is 10.5. The van der Waals surface area contributed by atoms with Gasteiger partial charge in [0.15, 0.2) is 0 Å². The van der Waals surface area contributed by atoms with Crippen LogP contribution in [-0.4, -0.2) is 10.9 Å². The molecule has 0 aliphatic rings. The van der Waals surface area contributed by atoms with Crippen LogP contribution in [0.3, 0.4) is 0 Å². The van der Waals surface area contributed by atoms with Gasteiger partial charge >= 0.3 is 0 Å². The van der Waals surface area contributed by atoms with Crippen molar-refractivity contribution >= 4 is 29.3 Å². The van der Waals surface area contributed by atoms with Crippen molar-refractivity contribution in [1.29, 1.82) is 0 Å². The van der Waals surface area contributed by atoms with Crippen molar-refractivity contribution in [2.75, 3.05) is 5.32 Å². The number of halogens is 1. The second kappa shape index (κ2) is 5.98. The number of amides is 1. The van der Waals surface area contributed by atoms with E-state index in [1.165, 1.54) is 6.08 Å². The molecule has 1 aromatic carbocycles. The minimum atomic E-state index is -0.220. The number of carbonyl (C=O) groups excluding carboxylic acids is 1. The topological polar surface area (TPSA) is 42.0 Å². The number of nitrogens with one attached hydrogen (secondary N) is 1. The zero-order valence-electron chi connectivity index (χ0n) is 9.51. The zero-order chi connectivity index (χ0) is 12.8. The van der Waals surface area contributed by atoms with Crippen LogP contribution in [0.1, 0.15) is 5.56 Å². The first-order valence-electron chi connectivity index (χ1n) is 5.39. The predicted octanol–water partition coefficient (Wildman–Crippen LogP) is 3.39. The Hall–Kier alpha value is -2.13. The van der Waals surface area contributed by atoms with Crippen LogP contribution in [0.15, 0.2) is 54.9 Å². The number of nitrogens with zero attached hydrogens (tertiary/aromatic N) is 1. The summed E-state index contributed by atoms with van der Waals surface area (Å²) in [7, 11) is 0. The lowest BCUT2D eigenvalue weighted by molar-refractivity contribution is -0.111. The number of hydrogen-bond donors (Lipinski definition) is 1. The summed E-state index contributed by atoms with van der Waals surface area (Å²) in [6.07, 6.45) is 6.35. The third-order valence-electron chi connectivity index (χ3n) is 2.25. The van der Waals surface area contributed by atoms with Gasteiger partial charge in [-0.15, -0.1) is 0 Å². The van der Waals surface area contributed by atoms with Crippen LogP contribution >= 0.6 is 11.6 Å². The van der Waals surface area contributed by atoms with Crippen molar-refractivity contribution in [3.05, 3.63) is 65.5 Å². The van der Waals surface area contributed by atoms with E-state index in [0.29, 0.717) is 10.7 Å². The summed E-state index contributed by atoms with van der Waals surface area (Å²) in [5, 5.41) is 3.31. The van der Waals surface area contributed by atoms with E-state index >= 15 is 0 Å². The molecule has 0 aliphatic heterocycles. The Kier molecular flexibility index (Phi) is 4.10. The average Bonchev–Trinajstić information content (AvgIpc) is 2.39. The minimum Gasteiger partial charge on any atom is -0.321 e. The summed E-state index contributed by atoms with van der Waals surface area (Å²) < 4.78 is 0. The molecule has 1 amide bonds. The summed E-state index contributed by atoms with van der Waals surface area (Å²) >= 11 is 5.97. The van der Waals surface area contributed by atoms with Gasteiger partial charge < -0.3 is 5.32 Å². The van der Waals surface area contributed by atoms with Crippen LogP contribution in [0.4, 0.5) is 5.69 Å². The van der Waals surface area contributed by atoms with Gasteiger partial charge in [-0.2, -0.15) is 0 Å². The van der Waals surface area contributed by atoms with Gasteiger partial charge in [-0.1, -0.05) is 29.8 Å². The molecule has 18 heavy (non-hydrogen) atoms. The lowest BCUT2D eigenvalue weighted by atomic mass is 10.2. The quantitative estimate of drug-likeness (QED) is 0.858. The van der Waals surface area contributed by atoms with Gasteiger partial charge in [-0.05, 0) is 29.8 Å². The summed E-state index contributed by atoms with van der Waals surface area (Å²) in [4.78, 5) is 15.5. The monoisotopic (exact) mass is 258 g/mol. The molecule has 90 valence electrons. The lowest BCUT2D eigenvalue weighted by Crippen LogP contribution is -2.07. The van der Waals surface area contributed by atoms with Crippen molar-refractivity contribution < 1.29 is 4.79 Å². The molecule has 0 atom stereocenters. The van der Waals surface area contributed by atoms with Crippen LogP contribution in [0, 0.1) is 0 Å². The maximum absolute atomic E-state index is 11.6. The standard InChI is InChI=1S/C14H11ClN2O/c15-13-6-2-1-4-11(13)7-8-14(18)17-12-5-3-9-16-10-12/h1-10H,(H,17,18). The number of carbonyl (C=O) groups is 1. The molecular weight excluding hydrogens is 248 g/mol. The van der Waals surface area contributed by atoms with E-state index in [4.69, 9.17) is 11.6 Å². The molecule has 0 saturated heterocycles. The van der Waals surface area contributed by atoms with Crippen molar-refractivity contribution in [1.82, 2.24) is 4.98 Å². The number of anilines is 1. The Bertz CT molecular complexity index is 567. The lowest BCUT2D eigenvalue weighted by Gasteiger charge is -2.00. The Morgan fingerprint density at radius 2 is 2.06 bits per heavy atom. The molecule has 1 N–H and O–H groups in total. The summed E-state index contributed by atoms with van der Waals surface area (Å²) in [6.45, 7) is 0. The second-order valence-electron chi connectivity index (χ2n) is 3.59. The third kappa shape index (κ3) is 3.43. The fourth-order valence-corrected chi connectivity index (χ4v) is 1.60. The van der Waals surface area contributed by atoms with Crippen LogP contribution in [0.5, 0.6) is 0 Å². The number of pyridine rings is 1. The number of aromatic nitrogens is 1. The highest BCUT2D eigenvalue weighted by atomic mass is 35.5. The molecular formula is C14H11ClN2O. The molecule has 0 aliphatic carbocycles. The van der Waals surface area contributed by atoms with Gasteiger partial charge in [0.05, 0.1) is 11.9 Å². The summed E-state index contributed by atoms with van der Waals surface area (Å²) in [5.41, 5.74) is 1.46.